The summed E-state index contributed by atoms with van der Waals surface area (Å²) in [5.41, 5.74) is -1.82. The van der Waals surface area contributed by atoms with E-state index in [-0.39, 0.29) is 29.6 Å². The molecule has 1 aliphatic heterocycles. The molecule has 25 heavy (non-hydrogen) atoms. The molecule has 0 aromatic heterocycles. The number of ketones is 1. The number of carbonyl (C=O) groups is 3. The number of allylic oxidation sites excluding steroid dienone is 1. The Hall–Kier alpha value is -1.49. The molecule has 0 aromatic carbocycles. The molecule has 0 aromatic rings. The number of Topliss-reactive ketones (excluding diaryl/α,β-unsaturated/α-hetero) is 1. The first-order valence-corrected chi connectivity index (χ1v) is 9.25. The van der Waals surface area contributed by atoms with Gasteiger partial charge in [0.1, 0.15) is 11.7 Å². The second kappa shape index (κ2) is 5.03. The van der Waals surface area contributed by atoms with Gasteiger partial charge < -0.3 is 14.6 Å². The molecule has 1 saturated heterocycles. The number of fused-ring (bicyclic) bond motifs is 2. The lowest BCUT2D eigenvalue weighted by Gasteiger charge is -2.60. The zero-order chi connectivity index (χ0) is 18.2. The van der Waals surface area contributed by atoms with Crippen LogP contribution in [0.3, 0.4) is 0 Å². The predicted octanol–water partition coefficient (Wildman–Crippen LogP) is 2.07. The monoisotopic (exact) mass is 346 g/mol. The Morgan fingerprint density at radius 1 is 1.28 bits per heavy atom. The van der Waals surface area contributed by atoms with E-state index in [1.165, 1.54) is 0 Å². The third-order valence-electron chi connectivity index (χ3n) is 7.72. The van der Waals surface area contributed by atoms with Crippen molar-refractivity contribution in [3.05, 3.63) is 12.2 Å². The van der Waals surface area contributed by atoms with E-state index in [9.17, 15) is 19.5 Å². The van der Waals surface area contributed by atoms with Crippen LogP contribution in [-0.2, 0) is 19.1 Å². The topological polar surface area (TPSA) is 80.7 Å². The number of esters is 1. The van der Waals surface area contributed by atoms with E-state index in [0.717, 1.165) is 19.1 Å². The van der Waals surface area contributed by atoms with Crippen molar-refractivity contribution in [2.24, 2.45) is 34.0 Å². The van der Waals surface area contributed by atoms with Crippen LogP contribution in [0.2, 0.25) is 0 Å². The Morgan fingerprint density at radius 2 is 2.00 bits per heavy atom. The van der Waals surface area contributed by atoms with Crippen molar-refractivity contribution >= 4 is 18.0 Å². The molecule has 0 amide bonds. The second-order valence-electron chi connectivity index (χ2n) is 9.27. The van der Waals surface area contributed by atoms with Crippen molar-refractivity contribution in [3.8, 4) is 0 Å². The highest BCUT2D eigenvalue weighted by molar-refractivity contribution is 6.15. The summed E-state index contributed by atoms with van der Waals surface area (Å²) in [6.07, 6.45) is 3.50. The highest BCUT2D eigenvalue weighted by Gasteiger charge is 2.74. The lowest BCUT2D eigenvalue weighted by atomic mass is 9.44. The molecule has 5 heteroatoms. The van der Waals surface area contributed by atoms with Gasteiger partial charge in [0.25, 0.3) is 0 Å². The van der Waals surface area contributed by atoms with E-state index in [0.29, 0.717) is 24.8 Å². The zero-order valence-corrected chi connectivity index (χ0v) is 14.9. The minimum atomic E-state index is -1.34. The van der Waals surface area contributed by atoms with Crippen molar-refractivity contribution in [1.82, 2.24) is 0 Å². The lowest BCUT2D eigenvalue weighted by molar-refractivity contribution is -0.225. The Kier molecular flexibility index (Phi) is 3.41. The molecule has 1 N–H and O–H groups in total. The summed E-state index contributed by atoms with van der Waals surface area (Å²) in [5, 5.41) is 11.0. The maximum atomic E-state index is 13.1. The van der Waals surface area contributed by atoms with Crippen LogP contribution in [0.15, 0.2) is 12.2 Å². The first kappa shape index (κ1) is 17.0. The van der Waals surface area contributed by atoms with Crippen LogP contribution in [0.1, 0.15) is 46.0 Å². The third-order valence-corrected chi connectivity index (χ3v) is 7.72. The quantitative estimate of drug-likeness (QED) is 0.340. The third kappa shape index (κ3) is 1.85. The molecular formula is C20H26O5. The van der Waals surface area contributed by atoms with Gasteiger partial charge in [-0.25, -0.2) is 0 Å². The van der Waals surface area contributed by atoms with Crippen LogP contribution in [-0.4, -0.2) is 35.9 Å². The molecule has 1 heterocycles. The van der Waals surface area contributed by atoms with Crippen molar-refractivity contribution in [3.63, 3.8) is 0 Å². The summed E-state index contributed by atoms with van der Waals surface area (Å²) in [6.45, 7) is 8.13. The smallest absolute Gasteiger partial charge is 0.320 e. The van der Waals surface area contributed by atoms with Crippen molar-refractivity contribution in [2.75, 3.05) is 6.61 Å². The maximum absolute atomic E-state index is 13.1. The van der Waals surface area contributed by atoms with E-state index in [1.54, 1.807) is 0 Å². The highest BCUT2D eigenvalue weighted by atomic mass is 16.5. The number of aliphatic hydroxyl groups excluding tert-OH is 1. The Balaban J connectivity index is 1.92. The van der Waals surface area contributed by atoms with Crippen LogP contribution in [0.5, 0.6) is 0 Å². The van der Waals surface area contributed by atoms with E-state index < -0.39 is 28.8 Å². The normalized spacial score (nSPS) is 48.2. The number of hydrogen-bond donors (Lipinski definition) is 1. The number of ether oxygens (including phenoxy) is 1. The van der Waals surface area contributed by atoms with E-state index in [2.05, 4.69) is 20.4 Å². The average Bonchev–Trinajstić information content (AvgIpc) is 2.73. The minimum Gasteiger partial charge on any atom is -0.464 e. The van der Waals surface area contributed by atoms with Gasteiger partial charge in [-0.1, -0.05) is 26.8 Å². The van der Waals surface area contributed by atoms with Crippen LogP contribution in [0, 0.1) is 34.0 Å². The fraction of sp³-hybridized carbons (Fsp3) is 0.750. The second-order valence-corrected chi connectivity index (χ2v) is 9.27. The summed E-state index contributed by atoms with van der Waals surface area (Å²) in [5.74, 6) is -1.86. The van der Waals surface area contributed by atoms with Crippen LogP contribution < -0.4 is 0 Å². The lowest BCUT2D eigenvalue weighted by Crippen LogP contribution is -2.66. The largest absolute Gasteiger partial charge is 0.464 e. The summed E-state index contributed by atoms with van der Waals surface area (Å²) in [4.78, 5) is 38.0. The Bertz CT molecular complexity index is 680. The molecule has 2 bridgehead atoms. The van der Waals surface area contributed by atoms with E-state index in [1.807, 2.05) is 0 Å². The molecule has 3 aliphatic carbocycles. The summed E-state index contributed by atoms with van der Waals surface area (Å²) in [7, 11) is 0. The van der Waals surface area contributed by atoms with Crippen LogP contribution in [0.25, 0.3) is 0 Å². The first-order valence-electron chi connectivity index (χ1n) is 9.25. The van der Waals surface area contributed by atoms with Gasteiger partial charge in [-0.05, 0) is 42.6 Å². The molecule has 4 aliphatic rings. The number of rotatable bonds is 1. The van der Waals surface area contributed by atoms with Gasteiger partial charge in [0.2, 0.25) is 0 Å². The molecule has 6 atom stereocenters. The average molecular weight is 346 g/mol. The number of carbonyl (C=O) groups excluding carboxylic acids is 3. The van der Waals surface area contributed by atoms with E-state index in [4.69, 9.17) is 4.74 Å². The van der Waals surface area contributed by atoms with Gasteiger partial charge in [0.15, 0.2) is 5.78 Å². The van der Waals surface area contributed by atoms with Crippen molar-refractivity contribution in [2.45, 2.75) is 52.1 Å². The molecule has 4 rings (SSSR count). The van der Waals surface area contributed by atoms with Gasteiger partial charge in [0, 0.05) is 17.3 Å². The Morgan fingerprint density at radius 3 is 2.68 bits per heavy atom. The molecule has 136 valence electrons. The Labute approximate surface area is 147 Å². The van der Waals surface area contributed by atoms with Gasteiger partial charge in [-0.3, -0.25) is 9.59 Å². The SMILES string of the molecule is C=C1C(=O)C23CC1CC(O)C2C1(CCCC(C)(C)C1C=O)COC3=O. The fourth-order valence-corrected chi connectivity index (χ4v) is 6.71. The number of cyclic esters (lactones) is 1. The predicted molar refractivity (Wildman–Crippen MR) is 89.4 cm³/mol. The standard InChI is InChI=1S/C20H26O5/c1-11-12-7-13(22)15-19(6-4-5-18(2,3)14(19)9-21)10-25-17(24)20(15,8-12)16(11)23/h9,12-15,22H,1,4-8,10H2,2-3H3. The van der Waals surface area contributed by atoms with Crippen molar-refractivity contribution < 1.29 is 24.2 Å². The van der Waals surface area contributed by atoms with Crippen LogP contribution in [0.4, 0.5) is 0 Å². The molecule has 5 nitrogen and oxygen atoms in total. The van der Waals surface area contributed by atoms with Gasteiger partial charge in [-0.2, -0.15) is 0 Å². The van der Waals surface area contributed by atoms with Crippen molar-refractivity contribution in [1.29, 1.82) is 0 Å². The van der Waals surface area contributed by atoms with E-state index >= 15 is 0 Å². The van der Waals surface area contributed by atoms with Crippen LogP contribution >= 0.6 is 0 Å². The molecule has 3 saturated carbocycles. The number of hydrogen-bond acceptors (Lipinski definition) is 5. The molecular weight excluding hydrogens is 320 g/mol. The maximum Gasteiger partial charge on any atom is 0.320 e. The molecule has 2 spiro atoms. The van der Waals surface area contributed by atoms with Gasteiger partial charge in [0.05, 0.1) is 12.7 Å². The summed E-state index contributed by atoms with van der Waals surface area (Å²) < 4.78 is 5.58. The first-order chi connectivity index (χ1) is 11.7. The zero-order valence-electron chi connectivity index (χ0n) is 14.9. The van der Waals surface area contributed by atoms with Gasteiger partial charge >= 0.3 is 5.97 Å². The number of aldehydes is 1. The summed E-state index contributed by atoms with van der Waals surface area (Å²) in [6, 6.07) is 0. The molecule has 6 unspecified atom stereocenters. The minimum absolute atomic E-state index is 0.118. The number of aliphatic hydroxyl groups is 1. The fourth-order valence-electron chi connectivity index (χ4n) is 6.71. The summed E-state index contributed by atoms with van der Waals surface area (Å²) >= 11 is 0. The van der Waals surface area contributed by atoms with Gasteiger partial charge in [-0.15, -0.1) is 0 Å². The molecule has 0 radical (unpaired) electrons. The highest BCUT2D eigenvalue weighted by Crippen LogP contribution is 2.67. The molecule has 4 fully saturated rings.